The molecular formula is C60H54N3OPt-. The van der Waals surface area contributed by atoms with Crippen LogP contribution in [0.3, 0.4) is 0 Å². The van der Waals surface area contributed by atoms with Crippen molar-refractivity contribution in [2.24, 2.45) is 0 Å². The van der Waals surface area contributed by atoms with Crippen molar-refractivity contribution < 1.29 is 26.2 Å². The quantitative estimate of drug-likeness (QED) is 0.138. The van der Waals surface area contributed by atoms with Gasteiger partial charge in [0.2, 0.25) is 0 Å². The van der Waals surface area contributed by atoms with Gasteiger partial charge in [-0.25, -0.2) is 4.98 Å². The van der Waals surface area contributed by atoms with Gasteiger partial charge in [0.05, 0.1) is 22.3 Å². The van der Waals surface area contributed by atoms with E-state index < -0.39 is 0 Å². The summed E-state index contributed by atoms with van der Waals surface area (Å²) in [5.74, 6) is 0.939. The molecule has 0 saturated carbocycles. The van der Waals surface area contributed by atoms with Crippen LogP contribution in [0.2, 0.25) is 0 Å². The van der Waals surface area contributed by atoms with Gasteiger partial charge in [0.15, 0.2) is 0 Å². The normalized spacial score (nSPS) is 12.3. The molecular weight excluding hydrogens is 974 g/mol. The van der Waals surface area contributed by atoms with Gasteiger partial charge in [0, 0.05) is 44.1 Å². The summed E-state index contributed by atoms with van der Waals surface area (Å²) >= 11 is 0. The third kappa shape index (κ3) is 7.76. The SMILES string of the molecule is CC(C)(C)c1ccc(-n2c(-c3cc(C(C)(C)C)cc(C(C)(C)C)c3O)nc3c4c5[c-]c(-c6cc(-c7ccccc7)ccn6)ccc5c5ccccc5c4ccc32)c(-c2ccccc2)c1.[Pt]. The van der Waals surface area contributed by atoms with Crippen molar-refractivity contribution >= 4 is 43.4 Å². The van der Waals surface area contributed by atoms with Crippen LogP contribution in [0.15, 0.2) is 158 Å². The zero-order valence-electron chi connectivity index (χ0n) is 38.6. The van der Waals surface area contributed by atoms with Gasteiger partial charge in [-0.15, -0.1) is 23.6 Å². The van der Waals surface area contributed by atoms with Crippen LogP contribution in [0.1, 0.15) is 79.0 Å². The van der Waals surface area contributed by atoms with Crippen LogP contribution in [0.4, 0.5) is 0 Å². The van der Waals surface area contributed by atoms with E-state index in [2.05, 4.69) is 219 Å². The van der Waals surface area contributed by atoms with Crippen molar-refractivity contribution in [2.45, 2.75) is 78.6 Å². The van der Waals surface area contributed by atoms with Crippen molar-refractivity contribution in [3.8, 4) is 56.3 Å². The molecule has 0 amide bonds. The molecule has 2 heterocycles. The number of aromatic hydroxyl groups is 1. The molecule has 0 atom stereocenters. The summed E-state index contributed by atoms with van der Waals surface area (Å²) in [5, 5.41) is 19.1. The number of imidazole rings is 1. The Kier molecular flexibility index (Phi) is 11.0. The molecule has 0 spiro atoms. The third-order valence-electron chi connectivity index (χ3n) is 12.9. The fourth-order valence-electron chi connectivity index (χ4n) is 9.31. The third-order valence-corrected chi connectivity index (χ3v) is 12.9. The second kappa shape index (κ2) is 16.3. The number of hydrogen-bond acceptors (Lipinski definition) is 3. The molecule has 0 radical (unpaired) electrons. The summed E-state index contributed by atoms with van der Waals surface area (Å²) in [6.07, 6.45) is 1.89. The van der Waals surface area contributed by atoms with Crippen LogP contribution in [-0.2, 0) is 37.3 Å². The van der Waals surface area contributed by atoms with Crippen molar-refractivity contribution in [1.82, 2.24) is 14.5 Å². The Morgan fingerprint density at radius 1 is 0.523 bits per heavy atom. The zero-order valence-corrected chi connectivity index (χ0v) is 40.9. The Hall–Kier alpha value is -6.35. The molecule has 0 unspecified atom stereocenters. The summed E-state index contributed by atoms with van der Waals surface area (Å²) < 4.78 is 2.30. The molecule has 10 aromatic rings. The molecule has 0 bridgehead atoms. The van der Waals surface area contributed by atoms with Crippen molar-refractivity contribution in [3.05, 3.63) is 181 Å². The monoisotopic (exact) mass is 1030 g/mol. The van der Waals surface area contributed by atoms with Crippen LogP contribution in [0, 0.1) is 6.07 Å². The average molecular weight is 1030 g/mol. The summed E-state index contributed by atoms with van der Waals surface area (Å²) in [5.41, 5.74) is 12.4. The van der Waals surface area contributed by atoms with Crippen molar-refractivity contribution in [1.29, 1.82) is 0 Å². The maximum Gasteiger partial charge on any atom is 0.148 e. The van der Waals surface area contributed by atoms with Gasteiger partial charge in [-0.2, -0.15) is 0 Å². The second-order valence-electron chi connectivity index (χ2n) is 20.4. The van der Waals surface area contributed by atoms with Crippen LogP contribution in [0.25, 0.3) is 93.9 Å². The molecule has 0 saturated heterocycles. The average Bonchev–Trinajstić information content (AvgIpc) is 3.67. The first-order valence-electron chi connectivity index (χ1n) is 22.4. The molecule has 0 aliphatic heterocycles. The molecule has 0 fully saturated rings. The van der Waals surface area contributed by atoms with E-state index >= 15 is 0 Å². The number of rotatable bonds is 5. The number of hydrogen-bond donors (Lipinski definition) is 1. The van der Waals surface area contributed by atoms with Crippen LogP contribution in [-0.4, -0.2) is 19.6 Å². The van der Waals surface area contributed by atoms with E-state index in [-0.39, 0.29) is 43.1 Å². The first-order valence-corrected chi connectivity index (χ1v) is 22.4. The van der Waals surface area contributed by atoms with Gasteiger partial charge in [0.1, 0.15) is 11.6 Å². The van der Waals surface area contributed by atoms with Crippen LogP contribution >= 0.6 is 0 Å². The van der Waals surface area contributed by atoms with E-state index in [1.54, 1.807) is 0 Å². The molecule has 0 aliphatic rings. The maximum atomic E-state index is 12.6. The predicted molar refractivity (Wildman–Crippen MR) is 270 cm³/mol. The number of aromatic nitrogens is 3. The van der Waals surface area contributed by atoms with Crippen molar-refractivity contribution in [2.75, 3.05) is 0 Å². The van der Waals surface area contributed by atoms with E-state index in [0.717, 1.165) is 93.7 Å². The first-order chi connectivity index (χ1) is 30.6. The van der Waals surface area contributed by atoms with Crippen LogP contribution in [0.5, 0.6) is 5.75 Å². The number of benzene rings is 8. The maximum absolute atomic E-state index is 12.6. The Morgan fingerprint density at radius 3 is 1.80 bits per heavy atom. The number of fused-ring (bicyclic) bond motifs is 8. The van der Waals surface area contributed by atoms with E-state index in [0.29, 0.717) is 11.4 Å². The smallest absolute Gasteiger partial charge is 0.148 e. The van der Waals surface area contributed by atoms with Crippen molar-refractivity contribution in [3.63, 3.8) is 0 Å². The Bertz CT molecular complexity index is 3440. The van der Waals surface area contributed by atoms with Crippen LogP contribution < -0.4 is 0 Å². The van der Waals surface area contributed by atoms with E-state index in [1.165, 1.54) is 5.56 Å². The van der Waals surface area contributed by atoms with Gasteiger partial charge < -0.3 is 5.11 Å². The fourth-order valence-corrected chi connectivity index (χ4v) is 9.31. The number of nitrogens with zero attached hydrogens (tertiary/aromatic N) is 3. The Morgan fingerprint density at radius 2 is 1.14 bits per heavy atom. The molecule has 8 aromatic carbocycles. The fraction of sp³-hybridized carbons (Fsp3) is 0.200. The van der Waals surface area contributed by atoms with E-state index in [9.17, 15) is 5.11 Å². The van der Waals surface area contributed by atoms with E-state index in [4.69, 9.17) is 9.97 Å². The minimum Gasteiger partial charge on any atom is -0.507 e. The van der Waals surface area contributed by atoms with Gasteiger partial charge in [0.25, 0.3) is 0 Å². The molecule has 0 aliphatic carbocycles. The minimum atomic E-state index is -0.334. The molecule has 65 heavy (non-hydrogen) atoms. The standard InChI is InChI=1S/C60H54N3O.Pt/c1-58(2,3)41-25-28-52(47(34-41)38-20-14-11-15-21-38)63-53-29-27-46-44-23-17-16-22-43(44)45-26-24-40(51-33-39(30-31-61-51)37-18-12-10-13-19-37)32-48(45)54(46)55(53)62-57(63)49-35-42(59(4,5)6)36-50(56(49)64)60(7,8)9;/h10-31,33-36,64H,1-9H3;/q-1;. The second-order valence-corrected chi connectivity index (χ2v) is 20.4. The molecule has 326 valence electrons. The zero-order chi connectivity index (χ0) is 44.7. The molecule has 2 aromatic heterocycles. The molecule has 5 heteroatoms. The predicted octanol–water partition coefficient (Wildman–Crippen LogP) is 15.9. The summed E-state index contributed by atoms with van der Waals surface area (Å²) in [7, 11) is 0. The summed E-state index contributed by atoms with van der Waals surface area (Å²) in [6.45, 7) is 20.0. The molecule has 1 N–H and O–H groups in total. The number of phenolic OH excluding ortho intramolecular Hbond substituents is 1. The van der Waals surface area contributed by atoms with Gasteiger partial charge in [-0.1, -0.05) is 182 Å². The Labute approximate surface area is 397 Å². The Balaban J connectivity index is 0.00000533. The first kappa shape index (κ1) is 43.9. The van der Waals surface area contributed by atoms with E-state index in [1.807, 2.05) is 12.3 Å². The summed E-state index contributed by atoms with van der Waals surface area (Å²) in [4.78, 5) is 10.7. The molecule has 4 nitrogen and oxygen atoms in total. The number of pyridine rings is 1. The molecule has 10 rings (SSSR count). The van der Waals surface area contributed by atoms with Gasteiger partial charge >= 0.3 is 0 Å². The largest absolute Gasteiger partial charge is 0.507 e. The topological polar surface area (TPSA) is 50.9 Å². The summed E-state index contributed by atoms with van der Waals surface area (Å²) in [6, 6.07) is 57.9. The van der Waals surface area contributed by atoms with Gasteiger partial charge in [-0.05, 0) is 95.9 Å². The van der Waals surface area contributed by atoms with Gasteiger partial charge in [-0.3, -0.25) is 9.55 Å². The number of phenols is 1. The minimum absolute atomic E-state index is 0.